The standard InChI is InChI=1S/C7H5F11N2O2/c8-3(5(11,12)13,2(21)20-1-19)22-7(17,18)4(9,10)6(14,15)16/h1,19H2,(H,20,21). The largest absolute Gasteiger partial charge is 0.462 e. The van der Waals surface area contributed by atoms with Crippen LogP contribution in [0.4, 0.5) is 48.3 Å². The summed E-state index contributed by atoms with van der Waals surface area (Å²) < 4.78 is 137. The van der Waals surface area contributed by atoms with Crippen molar-refractivity contribution in [3.8, 4) is 0 Å². The molecule has 1 unspecified atom stereocenters. The van der Waals surface area contributed by atoms with E-state index in [9.17, 15) is 53.1 Å². The van der Waals surface area contributed by atoms with Crippen LogP contribution in [0.5, 0.6) is 0 Å². The van der Waals surface area contributed by atoms with Crippen molar-refractivity contribution in [1.29, 1.82) is 0 Å². The molecule has 0 aliphatic carbocycles. The zero-order valence-electron chi connectivity index (χ0n) is 9.76. The van der Waals surface area contributed by atoms with Crippen LogP contribution in [0.15, 0.2) is 0 Å². The molecule has 1 atom stereocenters. The van der Waals surface area contributed by atoms with Crippen molar-refractivity contribution in [1.82, 2.24) is 5.32 Å². The summed E-state index contributed by atoms with van der Waals surface area (Å²) in [5.41, 5.74) is 4.45. The van der Waals surface area contributed by atoms with Crippen molar-refractivity contribution >= 4 is 5.91 Å². The molecule has 0 aliphatic heterocycles. The highest BCUT2D eigenvalue weighted by molar-refractivity contribution is 5.84. The van der Waals surface area contributed by atoms with Gasteiger partial charge in [0.1, 0.15) is 0 Å². The number of hydrogen-bond donors (Lipinski definition) is 2. The lowest BCUT2D eigenvalue weighted by Crippen LogP contribution is -2.63. The van der Waals surface area contributed by atoms with E-state index in [-0.39, 0.29) is 0 Å². The lowest BCUT2D eigenvalue weighted by Gasteiger charge is -2.33. The first-order chi connectivity index (χ1) is 9.44. The summed E-state index contributed by atoms with van der Waals surface area (Å²) in [4.78, 5) is 10.7. The van der Waals surface area contributed by atoms with Crippen molar-refractivity contribution in [3.05, 3.63) is 0 Å². The molecule has 0 rings (SSSR count). The molecule has 22 heavy (non-hydrogen) atoms. The summed E-state index contributed by atoms with van der Waals surface area (Å²) >= 11 is 0. The van der Waals surface area contributed by atoms with Crippen molar-refractivity contribution in [2.24, 2.45) is 5.73 Å². The summed E-state index contributed by atoms with van der Waals surface area (Å²) in [6.45, 7) is -1.29. The van der Waals surface area contributed by atoms with Gasteiger partial charge in [0.25, 0.3) is 5.91 Å². The maximum atomic E-state index is 13.3. The third-order valence-corrected chi connectivity index (χ3v) is 1.91. The topological polar surface area (TPSA) is 64.3 Å². The number of carbonyl (C=O) groups excluding carboxylic acids is 1. The van der Waals surface area contributed by atoms with Gasteiger partial charge in [-0.15, -0.1) is 0 Å². The highest BCUT2D eigenvalue weighted by Crippen LogP contribution is 2.50. The Morgan fingerprint density at radius 2 is 1.27 bits per heavy atom. The molecule has 4 nitrogen and oxygen atoms in total. The van der Waals surface area contributed by atoms with E-state index in [0.717, 1.165) is 5.32 Å². The normalized spacial score (nSPS) is 17.1. The van der Waals surface area contributed by atoms with E-state index in [1.807, 2.05) is 4.74 Å². The maximum absolute atomic E-state index is 13.3. The highest BCUT2D eigenvalue weighted by Gasteiger charge is 2.79. The Morgan fingerprint density at radius 1 is 0.864 bits per heavy atom. The predicted molar refractivity (Wildman–Crippen MR) is 44.1 cm³/mol. The van der Waals surface area contributed by atoms with Gasteiger partial charge in [-0.3, -0.25) is 9.53 Å². The summed E-state index contributed by atoms with van der Waals surface area (Å²) in [7, 11) is 0. The molecular formula is C7H5F11N2O2. The first kappa shape index (κ1) is 20.6. The molecule has 0 aromatic carbocycles. The van der Waals surface area contributed by atoms with Gasteiger partial charge in [0.2, 0.25) is 0 Å². The van der Waals surface area contributed by atoms with Crippen LogP contribution in [0.3, 0.4) is 0 Å². The first-order valence-corrected chi connectivity index (χ1v) is 4.70. The minimum atomic E-state index is -7.22. The average Bonchev–Trinajstić information content (AvgIpc) is 2.25. The maximum Gasteiger partial charge on any atom is 0.462 e. The van der Waals surface area contributed by atoms with Gasteiger partial charge in [-0.1, -0.05) is 0 Å². The Kier molecular flexibility index (Phi) is 5.32. The van der Waals surface area contributed by atoms with Gasteiger partial charge in [0.05, 0.1) is 6.67 Å². The van der Waals surface area contributed by atoms with Crippen LogP contribution < -0.4 is 11.1 Å². The predicted octanol–water partition coefficient (Wildman–Crippen LogP) is 2.05. The van der Waals surface area contributed by atoms with E-state index in [1.165, 1.54) is 0 Å². The zero-order chi connectivity index (χ0) is 18.2. The van der Waals surface area contributed by atoms with E-state index in [1.54, 1.807) is 0 Å². The highest BCUT2D eigenvalue weighted by atomic mass is 19.4. The fourth-order valence-electron chi connectivity index (χ4n) is 0.845. The Morgan fingerprint density at radius 3 is 1.55 bits per heavy atom. The number of carbonyl (C=O) groups is 1. The van der Waals surface area contributed by atoms with Crippen LogP contribution in [-0.2, 0) is 9.53 Å². The Labute approximate surface area is 113 Å². The first-order valence-electron chi connectivity index (χ1n) is 4.70. The molecule has 0 saturated heterocycles. The second-order valence-corrected chi connectivity index (χ2v) is 3.49. The molecule has 1 amide bonds. The fourth-order valence-corrected chi connectivity index (χ4v) is 0.845. The van der Waals surface area contributed by atoms with Crippen molar-refractivity contribution in [2.75, 3.05) is 6.67 Å². The number of nitrogens with two attached hydrogens (primary N) is 1. The summed E-state index contributed by atoms with van der Waals surface area (Å²) in [5, 5.41) is 0.765. The van der Waals surface area contributed by atoms with Gasteiger partial charge in [-0.05, 0) is 0 Å². The Hall–Kier alpha value is -1.38. The number of hydrogen-bond acceptors (Lipinski definition) is 3. The van der Waals surface area contributed by atoms with Crippen LogP contribution >= 0.6 is 0 Å². The molecule has 15 heteroatoms. The molecule has 0 aromatic rings. The lowest BCUT2D eigenvalue weighted by atomic mass is 10.2. The number of alkyl halides is 11. The molecule has 0 aliphatic rings. The molecule has 0 spiro atoms. The molecular weight excluding hydrogens is 353 g/mol. The monoisotopic (exact) mass is 358 g/mol. The molecule has 0 fully saturated rings. The number of halogens is 11. The molecule has 132 valence electrons. The number of rotatable bonds is 5. The minimum Gasteiger partial charge on any atom is -0.338 e. The number of nitrogens with one attached hydrogen (secondary N) is 1. The van der Waals surface area contributed by atoms with Gasteiger partial charge >= 0.3 is 30.2 Å². The molecule has 0 aromatic heterocycles. The van der Waals surface area contributed by atoms with Crippen LogP contribution in [-0.4, -0.2) is 42.8 Å². The Balaban J connectivity index is 5.83. The molecule has 0 saturated carbocycles. The van der Waals surface area contributed by atoms with E-state index < -0.39 is 42.8 Å². The smallest absolute Gasteiger partial charge is 0.338 e. The lowest BCUT2D eigenvalue weighted by molar-refractivity contribution is -0.472. The van der Waals surface area contributed by atoms with Crippen molar-refractivity contribution in [2.45, 2.75) is 30.2 Å². The number of amides is 1. The van der Waals surface area contributed by atoms with Gasteiger partial charge in [-0.25, -0.2) is 0 Å². The Bertz CT molecular complexity index is 418. The van der Waals surface area contributed by atoms with E-state index >= 15 is 0 Å². The second-order valence-electron chi connectivity index (χ2n) is 3.49. The van der Waals surface area contributed by atoms with Crippen LogP contribution in [0, 0.1) is 0 Å². The fraction of sp³-hybridized carbons (Fsp3) is 0.857. The molecule has 0 bridgehead atoms. The summed E-state index contributed by atoms with van der Waals surface area (Å²) in [6, 6.07) is 0. The third-order valence-electron chi connectivity index (χ3n) is 1.91. The van der Waals surface area contributed by atoms with Crippen molar-refractivity contribution < 1.29 is 57.8 Å². The van der Waals surface area contributed by atoms with E-state index in [4.69, 9.17) is 0 Å². The number of ether oxygens (including phenoxy) is 1. The van der Waals surface area contributed by atoms with Crippen LogP contribution in [0.2, 0.25) is 0 Å². The minimum absolute atomic E-state index is 0.765. The zero-order valence-corrected chi connectivity index (χ0v) is 9.76. The second kappa shape index (κ2) is 5.68. The van der Waals surface area contributed by atoms with E-state index in [0.29, 0.717) is 0 Å². The molecule has 3 N–H and O–H groups in total. The molecule has 0 heterocycles. The van der Waals surface area contributed by atoms with Crippen LogP contribution in [0.25, 0.3) is 0 Å². The quantitative estimate of drug-likeness (QED) is 0.584. The SMILES string of the molecule is NCNC(=O)C(F)(OC(F)(F)C(F)(F)C(F)(F)F)C(F)(F)F. The van der Waals surface area contributed by atoms with E-state index in [2.05, 4.69) is 5.73 Å². The van der Waals surface area contributed by atoms with Gasteiger partial charge in [0.15, 0.2) is 0 Å². The van der Waals surface area contributed by atoms with Crippen LogP contribution in [0.1, 0.15) is 0 Å². The van der Waals surface area contributed by atoms with Gasteiger partial charge in [0, 0.05) is 0 Å². The summed E-state index contributed by atoms with van der Waals surface area (Å²) in [5.74, 6) is -16.6. The van der Waals surface area contributed by atoms with Gasteiger partial charge in [-0.2, -0.15) is 48.3 Å². The molecule has 0 radical (unpaired) electrons. The van der Waals surface area contributed by atoms with Crippen molar-refractivity contribution in [3.63, 3.8) is 0 Å². The van der Waals surface area contributed by atoms with Gasteiger partial charge < -0.3 is 11.1 Å². The average molecular weight is 358 g/mol. The third kappa shape index (κ3) is 3.50. The summed E-state index contributed by atoms with van der Waals surface area (Å²) in [6.07, 6.45) is -20.9.